The minimum Gasteiger partial charge on any atom is -0.177 e. The fourth-order valence-corrected chi connectivity index (χ4v) is 31.8. The van der Waals surface area contributed by atoms with E-state index >= 15 is 0 Å². The van der Waals surface area contributed by atoms with Gasteiger partial charge in [-0.05, 0) is 336 Å². The van der Waals surface area contributed by atoms with Crippen LogP contribution in [0.15, 0.2) is 0 Å². The van der Waals surface area contributed by atoms with E-state index in [1.54, 1.807) is 0 Å². The first-order valence-corrected chi connectivity index (χ1v) is 40.2. The van der Waals surface area contributed by atoms with Crippen LogP contribution in [-0.2, 0) is 13.6 Å². The summed E-state index contributed by atoms with van der Waals surface area (Å²) >= 11 is 0. The second kappa shape index (κ2) is 24.0. The van der Waals surface area contributed by atoms with Gasteiger partial charge in [-0.15, -0.1) is 0 Å². The van der Waals surface area contributed by atoms with Gasteiger partial charge in [-0.2, -0.15) is 13.6 Å². The van der Waals surface area contributed by atoms with E-state index in [1.807, 2.05) is 0 Å². The second-order valence-electron chi connectivity index (χ2n) is 38.9. The number of fused-ring (bicyclic) bond motifs is 12. The Balaban J connectivity index is 0.911. The van der Waals surface area contributed by atoms with E-state index in [2.05, 4.69) is 111 Å². The molecular weight excluding hydrogens is 1040 g/mol. The normalized spacial score (nSPS) is 52.0. The lowest BCUT2D eigenvalue weighted by Crippen LogP contribution is -2.56. The van der Waals surface area contributed by atoms with Crippen molar-refractivity contribution in [2.75, 3.05) is 26.0 Å². The van der Waals surface area contributed by atoms with Crippen molar-refractivity contribution in [1.82, 2.24) is 0 Å². The molecule has 12 saturated carbocycles. The van der Waals surface area contributed by atoms with Crippen LogP contribution in [0.2, 0.25) is 0 Å². The van der Waals surface area contributed by atoms with Gasteiger partial charge in [0.05, 0.1) is 0 Å². The number of hydrogen-bond acceptors (Lipinski definition) is 3. The summed E-state index contributed by atoms with van der Waals surface area (Å²) in [7, 11) is -2.96. The van der Waals surface area contributed by atoms with E-state index in [0.29, 0.717) is 27.6 Å². The molecule has 0 aromatic rings. The first-order valence-electron chi connectivity index (χ1n) is 38.5. The van der Waals surface area contributed by atoms with Gasteiger partial charge in [0, 0.05) is 5.41 Å². The highest BCUT2D eigenvalue weighted by atomic mass is 31.2. The average Bonchev–Trinajstić information content (AvgIpc) is 0.974. The van der Waals surface area contributed by atoms with E-state index in [-0.39, 0.29) is 21.7 Å². The minimum absolute atomic E-state index is 0.139. The molecule has 12 fully saturated rings. The van der Waals surface area contributed by atoms with Crippen LogP contribution in [0.4, 0.5) is 0 Å². The smallest absolute Gasteiger partial charge is 0.177 e. The highest BCUT2D eigenvalue weighted by Crippen LogP contribution is 2.76. The standard InChI is InChI=1S/C80H140O3P/c1-53(2)57-21-29-65-61(45-57)25-33-69-73(9,37-17-41-77(65,69)13)49-81-84(52-76(12)40-20-44-80(16)68-32-24-60(56(7)8)48-64(68)28-36-72(76)80,82-50-74(10)38-18-42-78(14)66-30-22-58(54(3)4)46-62(66)26-34-70(74)78)83-51-75(11)39-19-43-79(15)67-31-23-59(55(5)6)47-63(67)27-35-71(75)79/h53-72H,17-52H2,1-16H3/q+1/t57?,58?,59?,60?,61?,62?,63?,64?,65-,66-,67-,68-,69?,70?,71?,72?,73-,74-,75-,76-,77-,78-,79-,80-,84?/m1/s1. The third kappa shape index (κ3) is 11.3. The Labute approximate surface area is 522 Å². The van der Waals surface area contributed by atoms with Crippen molar-refractivity contribution in [3.8, 4) is 0 Å². The Morgan fingerprint density at radius 1 is 0.298 bits per heavy atom. The number of rotatable bonds is 15. The zero-order valence-electron chi connectivity index (χ0n) is 58.7. The predicted molar refractivity (Wildman–Crippen MR) is 357 cm³/mol. The zero-order chi connectivity index (χ0) is 59.6. The van der Waals surface area contributed by atoms with Gasteiger partial charge in [-0.1, -0.05) is 136 Å². The molecule has 12 rings (SSSR count). The molecule has 0 heterocycles. The lowest BCUT2D eigenvalue weighted by molar-refractivity contribution is -0.148. The minimum atomic E-state index is -2.96. The van der Waals surface area contributed by atoms with Gasteiger partial charge in [0.15, 0.2) is 0 Å². The summed E-state index contributed by atoms with van der Waals surface area (Å²) in [5.74, 6) is 17.1. The SMILES string of the molecule is CC(C)C1CC[C@@H]2C(CCC3[C@@](C)(CO[P+](C[C@@]4(C)CCC[C@@]5(C)C4CCC4CC(C(C)C)CC[C@H]45)(OC[C@@]4(C)CCC[C@@]5(C)C4CCC4CC(C(C)C)CC[C@H]45)OC[C@@]4(C)CCC[C@@]5(C)C4CCC4CC(C(C)C)CC[C@H]45)CCC[C@@]32C)C1. The molecular formula is C80H140O3P+. The van der Waals surface area contributed by atoms with Gasteiger partial charge < -0.3 is 0 Å². The van der Waals surface area contributed by atoms with Crippen molar-refractivity contribution in [2.45, 2.75) is 316 Å². The summed E-state index contributed by atoms with van der Waals surface area (Å²) in [6.07, 6.45) is 46.6. The van der Waals surface area contributed by atoms with E-state index in [9.17, 15) is 0 Å². The summed E-state index contributed by atoms with van der Waals surface area (Å²) in [4.78, 5) is 0. The van der Waals surface area contributed by atoms with Crippen molar-refractivity contribution in [3.05, 3.63) is 0 Å². The first-order chi connectivity index (χ1) is 39.7. The third-order valence-corrected chi connectivity index (χ3v) is 36.0. The third-order valence-electron chi connectivity index (χ3n) is 33.3. The van der Waals surface area contributed by atoms with Gasteiger partial charge in [0.25, 0.3) is 0 Å². The second-order valence-corrected chi connectivity index (χ2v) is 41.2. The summed E-state index contributed by atoms with van der Waals surface area (Å²) in [6, 6.07) is 0. The Morgan fingerprint density at radius 3 is 0.786 bits per heavy atom. The van der Waals surface area contributed by atoms with E-state index < -0.39 is 7.94 Å². The van der Waals surface area contributed by atoms with Crippen LogP contribution < -0.4 is 0 Å². The first kappa shape index (κ1) is 64.4. The molecule has 482 valence electrons. The lowest BCUT2D eigenvalue weighted by atomic mass is 9.44. The van der Waals surface area contributed by atoms with Crippen LogP contribution in [0, 0.1) is 162 Å². The monoisotopic (exact) mass is 1180 g/mol. The van der Waals surface area contributed by atoms with Crippen molar-refractivity contribution >= 4 is 7.94 Å². The summed E-state index contributed by atoms with van der Waals surface area (Å²) in [6.45, 7) is 45.3. The van der Waals surface area contributed by atoms with E-state index in [0.717, 1.165) is 138 Å². The van der Waals surface area contributed by atoms with Gasteiger partial charge in [0.2, 0.25) is 0 Å². The van der Waals surface area contributed by atoms with Crippen LogP contribution in [0.5, 0.6) is 0 Å². The van der Waals surface area contributed by atoms with Crippen molar-refractivity contribution in [3.63, 3.8) is 0 Å². The van der Waals surface area contributed by atoms with Gasteiger partial charge in [0.1, 0.15) is 26.0 Å². The molecule has 0 aliphatic heterocycles. The molecule has 3 nitrogen and oxygen atoms in total. The van der Waals surface area contributed by atoms with E-state index in [1.165, 1.54) is 205 Å². The van der Waals surface area contributed by atoms with Crippen LogP contribution in [0.1, 0.15) is 316 Å². The van der Waals surface area contributed by atoms with Crippen LogP contribution >= 0.6 is 7.94 Å². The molecule has 24 atom stereocenters. The molecule has 0 bridgehead atoms. The highest BCUT2D eigenvalue weighted by Gasteiger charge is 2.67. The van der Waals surface area contributed by atoms with Crippen molar-refractivity contribution < 1.29 is 13.6 Å². The Kier molecular flexibility index (Phi) is 18.4. The molecule has 12 aliphatic carbocycles. The molecule has 0 aromatic heterocycles. The van der Waals surface area contributed by atoms with Crippen LogP contribution in [0.25, 0.3) is 0 Å². The molecule has 0 N–H and O–H groups in total. The van der Waals surface area contributed by atoms with Crippen molar-refractivity contribution in [1.29, 1.82) is 0 Å². The lowest BCUT2D eigenvalue weighted by Gasteiger charge is -2.63. The van der Waals surface area contributed by atoms with Crippen LogP contribution in [0.3, 0.4) is 0 Å². The van der Waals surface area contributed by atoms with Gasteiger partial charge in [-0.25, -0.2) is 0 Å². The molecule has 12 unspecified atom stereocenters. The molecule has 12 aliphatic rings. The Morgan fingerprint density at radius 2 is 0.536 bits per heavy atom. The number of hydrogen-bond donors (Lipinski definition) is 0. The highest BCUT2D eigenvalue weighted by molar-refractivity contribution is 7.61. The topological polar surface area (TPSA) is 27.7 Å². The Bertz CT molecular complexity index is 2050. The van der Waals surface area contributed by atoms with Crippen molar-refractivity contribution in [2.24, 2.45) is 162 Å². The molecule has 0 amide bonds. The maximum Gasteiger partial charge on any atom is 0.412 e. The molecule has 0 saturated heterocycles. The zero-order valence-corrected chi connectivity index (χ0v) is 59.6. The molecule has 0 radical (unpaired) electrons. The molecule has 0 aromatic carbocycles. The van der Waals surface area contributed by atoms with Gasteiger partial charge >= 0.3 is 7.94 Å². The predicted octanol–water partition coefficient (Wildman–Crippen LogP) is 24.0. The van der Waals surface area contributed by atoms with Gasteiger partial charge in [-0.3, -0.25) is 0 Å². The maximum absolute atomic E-state index is 8.58. The fourth-order valence-electron chi connectivity index (χ4n) is 28.6. The summed E-state index contributed by atoms with van der Waals surface area (Å²) in [5, 5.41) is 0. The Hall–Kier alpha value is 0.310. The average molecular weight is 1180 g/mol. The largest absolute Gasteiger partial charge is 0.412 e. The quantitative estimate of drug-likeness (QED) is 0.153. The molecule has 84 heavy (non-hydrogen) atoms. The van der Waals surface area contributed by atoms with E-state index in [4.69, 9.17) is 13.6 Å². The summed E-state index contributed by atoms with van der Waals surface area (Å²) in [5.41, 5.74) is 2.19. The maximum atomic E-state index is 8.58. The summed E-state index contributed by atoms with van der Waals surface area (Å²) < 4.78 is 25.7. The molecule has 0 spiro atoms. The molecule has 4 heteroatoms. The fraction of sp³-hybridized carbons (Fsp3) is 1.00. The van der Waals surface area contributed by atoms with Crippen LogP contribution in [-0.4, -0.2) is 26.0 Å².